The lowest BCUT2D eigenvalue weighted by Crippen LogP contribution is -2.23. The highest BCUT2D eigenvalue weighted by molar-refractivity contribution is 7.59. The molecular weight excluding hydrogens is 163 g/mol. The molecule has 0 aliphatic rings. The highest BCUT2D eigenvalue weighted by Gasteiger charge is 2.37. The second kappa shape index (κ2) is 3.70. The first-order valence-corrected chi connectivity index (χ1v) is 5.89. The zero-order valence-corrected chi connectivity index (χ0v) is 8.52. The molecule has 0 aliphatic heterocycles. The summed E-state index contributed by atoms with van der Waals surface area (Å²) in [5.74, 6) is 0. The van der Waals surface area contributed by atoms with E-state index < -0.39 is 12.7 Å². The van der Waals surface area contributed by atoms with Crippen LogP contribution in [0, 0.1) is 0 Å². The van der Waals surface area contributed by atoms with E-state index in [4.69, 9.17) is 4.52 Å². The van der Waals surface area contributed by atoms with Gasteiger partial charge >= 0.3 is 0 Å². The van der Waals surface area contributed by atoms with Gasteiger partial charge in [-0.1, -0.05) is 6.92 Å². The largest absolute Gasteiger partial charge is 0.380 e. The Hall–Kier alpha value is 0.150. The van der Waals surface area contributed by atoms with E-state index in [0.717, 1.165) is 0 Å². The zero-order valence-electron chi connectivity index (χ0n) is 7.63. The Bertz CT molecular complexity index is 165. The molecule has 0 saturated carbocycles. The lowest BCUT2D eigenvalue weighted by Gasteiger charge is -2.28. The summed E-state index contributed by atoms with van der Waals surface area (Å²) in [4.78, 5) is 0. The minimum atomic E-state index is -2.84. The summed E-state index contributed by atoms with van der Waals surface area (Å²) in [5.41, 5.74) is 0. The highest BCUT2D eigenvalue weighted by Crippen LogP contribution is 2.55. The maximum atomic E-state index is 11.6. The van der Waals surface area contributed by atoms with Gasteiger partial charge in [0, 0.05) is 6.66 Å². The van der Waals surface area contributed by atoms with Gasteiger partial charge in [0.2, 0.25) is 7.37 Å². The Kier molecular flexibility index (Phi) is 3.75. The van der Waals surface area contributed by atoms with E-state index in [-0.39, 0.29) is 0 Å². The molecule has 0 amide bonds. The van der Waals surface area contributed by atoms with E-state index in [2.05, 4.69) is 0 Å². The molecule has 68 valence electrons. The molecule has 3 nitrogen and oxygen atoms in total. The molecule has 1 unspecified atom stereocenters. The summed E-state index contributed by atoms with van der Waals surface area (Å²) >= 11 is 0. The van der Waals surface area contributed by atoms with E-state index in [1.165, 1.54) is 6.66 Å². The molecule has 4 heteroatoms. The molecular formula is C7H17O3P. The van der Waals surface area contributed by atoms with E-state index in [9.17, 15) is 9.67 Å². The van der Waals surface area contributed by atoms with Crippen LogP contribution < -0.4 is 0 Å². The van der Waals surface area contributed by atoms with Gasteiger partial charge in [-0.2, -0.15) is 0 Å². The molecule has 11 heavy (non-hydrogen) atoms. The van der Waals surface area contributed by atoms with Crippen molar-refractivity contribution >= 4 is 7.37 Å². The lowest BCUT2D eigenvalue weighted by atomic mass is 10.3. The quantitative estimate of drug-likeness (QED) is 0.673. The normalized spacial score (nSPS) is 22.3. The fourth-order valence-corrected chi connectivity index (χ4v) is 2.02. The summed E-state index contributed by atoms with van der Waals surface area (Å²) in [5, 5.41) is 8.42. The van der Waals surface area contributed by atoms with Gasteiger partial charge in [0.1, 0.15) is 5.34 Å². The molecule has 0 aliphatic carbocycles. The molecule has 0 aromatic carbocycles. The smallest absolute Gasteiger partial charge is 0.230 e. The van der Waals surface area contributed by atoms with Gasteiger partial charge in [-0.3, -0.25) is 4.57 Å². The second-order valence-electron chi connectivity index (χ2n) is 2.83. The lowest BCUT2D eigenvalue weighted by molar-refractivity contribution is 0.116. The van der Waals surface area contributed by atoms with Crippen molar-refractivity contribution < 1.29 is 14.2 Å². The van der Waals surface area contributed by atoms with Crippen LogP contribution in [0.5, 0.6) is 0 Å². The van der Waals surface area contributed by atoms with Crippen LogP contribution in [-0.4, -0.2) is 23.7 Å². The van der Waals surface area contributed by atoms with Gasteiger partial charge in [0.15, 0.2) is 0 Å². The predicted octanol–water partition coefficient (Wildman–Crippen LogP) is 2.05. The molecule has 0 heterocycles. The third-order valence-electron chi connectivity index (χ3n) is 1.92. The van der Waals surface area contributed by atoms with Crippen LogP contribution in [0.25, 0.3) is 0 Å². The van der Waals surface area contributed by atoms with Crippen LogP contribution in [0.1, 0.15) is 27.2 Å². The topological polar surface area (TPSA) is 46.5 Å². The van der Waals surface area contributed by atoms with Gasteiger partial charge in [0.05, 0.1) is 6.61 Å². The van der Waals surface area contributed by atoms with Crippen LogP contribution >= 0.6 is 7.37 Å². The maximum Gasteiger partial charge on any atom is 0.230 e. The minimum Gasteiger partial charge on any atom is -0.380 e. The van der Waals surface area contributed by atoms with Crippen LogP contribution in [0.4, 0.5) is 0 Å². The third-order valence-corrected chi connectivity index (χ3v) is 4.74. The van der Waals surface area contributed by atoms with Crippen LogP contribution in [-0.2, 0) is 9.09 Å². The fourth-order valence-electron chi connectivity index (χ4n) is 0.673. The van der Waals surface area contributed by atoms with E-state index in [0.29, 0.717) is 13.0 Å². The Labute approximate surface area is 68.2 Å². The minimum absolute atomic E-state index is 0.379. The standard InChI is InChI=1S/C7H17O3P/c1-5-7(3,8)11(4,9)10-6-2/h8H,5-6H2,1-4H3/t7-,11?/m0/s1. The number of hydrogen-bond acceptors (Lipinski definition) is 3. The number of hydrogen-bond donors (Lipinski definition) is 1. The van der Waals surface area contributed by atoms with Crippen molar-refractivity contribution in [3.8, 4) is 0 Å². The number of aliphatic hydroxyl groups is 1. The van der Waals surface area contributed by atoms with Crippen molar-refractivity contribution in [3.63, 3.8) is 0 Å². The van der Waals surface area contributed by atoms with Crippen LogP contribution in [0.3, 0.4) is 0 Å². The van der Waals surface area contributed by atoms with Gasteiger partial charge < -0.3 is 9.63 Å². The Morgan fingerprint density at radius 1 is 1.55 bits per heavy atom. The molecule has 0 spiro atoms. The second-order valence-corrected chi connectivity index (χ2v) is 5.75. The van der Waals surface area contributed by atoms with Crippen LogP contribution in [0.2, 0.25) is 0 Å². The first kappa shape index (κ1) is 11.2. The molecule has 2 atom stereocenters. The molecule has 0 saturated heterocycles. The summed E-state index contributed by atoms with van der Waals surface area (Å²) < 4.78 is 16.6. The van der Waals surface area contributed by atoms with Gasteiger partial charge in [-0.25, -0.2) is 0 Å². The van der Waals surface area contributed by atoms with Crippen molar-refractivity contribution in [1.29, 1.82) is 0 Å². The van der Waals surface area contributed by atoms with Crippen molar-refractivity contribution in [2.24, 2.45) is 0 Å². The predicted molar refractivity (Wildman–Crippen MR) is 46.1 cm³/mol. The molecule has 0 fully saturated rings. The average Bonchev–Trinajstić information content (AvgIpc) is 1.87. The van der Waals surface area contributed by atoms with Crippen molar-refractivity contribution in [1.82, 2.24) is 0 Å². The van der Waals surface area contributed by atoms with E-state index >= 15 is 0 Å². The molecule has 0 aromatic heterocycles. The molecule has 0 rings (SSSR count). The first-order chi connectivity index (χ1) is 4.87. The van der Waals surface area contributed by atoms with Gasteiger partial charge in [-0.15, -0.1) is 0 Å². The zero-order chi connectivity index (χ0) is 9.12. The Balaban J connectivity index is 4.40. The van der Waals surface area contributed by atoms with Crippen molar-refractivity contribution in [3.05, 3.63) is 0 Å². The SMILES string of the molecule is CCOP(C)(=O)[C@](C)(O)CC. The molecule has 0 bridgehead atoms. The summed E-state index contributed by atoms with van der Waals surface area (Å²) in [7, 11) is -2.84. The monoisotopic (exact) mass is 180 g/mol. The summed E-state index contributed by atoms with van der Waals surface area (Å²) in [6, 6.07) is 0. The summed E-state index contributed by atoms with van der Waals surface area (Å²) in [6.07, 6.45) is 0.445. The Morgan fingerprint density at radius 3 is 2.27 bits per heavy atom. The molecule has 0 aromatic rings. The van der Waals surface area contributed by atoms with Crippen LogP contribution in [0.15, 0.2) is 0 Å². The van der Waals surface area contributed by atoms with Gasteiger partial charge in [-0.05, 0) is 20.3 Å². The first-order valence-electron chi connectivity index (χ1n) is 3.82. The molecule has 1 N–H and O–H groups in total. The van der Waals surface area contributed by atoms with E-state index in [1.807, 2.05) is 0 Å². The molecule has 0 radical (unpaired) electrons. The maximum absolute atomic E-state index is 11.6. The third kappa shape index (κ3) is 2.58. The van der Waals surface area contributed by atoms with E-state index in [1.54, 1.807) is 20.8 Å². The number of rotatable bonds is 4. The van der Waals surface area contributed by atoms with Crippen molar-refractivity contribution in [2.45, 2.75) is 32.5 Å². The van der Waals surface area contributed by atoms with Gasteiger partial charge in [0.25, 0.3) is 0 Å². The fraction of sp³-hybridized carbons (Fsp3) is 1.00. The highest BCUT2D eigenvalue weighted by atomic mass is 31.2. The summed E-state index contributed by atoms with van der Waals surface area (Å²) in [6.45, 7) is 6.95. The van der Waals surface area contributed by atoms with Crippen molar-refractivity contribution in [2.75, 3.05) is 13.3 Å². The Morgan fingerprint density at radius 2 is 2.00 bits per heavy atom. The average molecular weight is 180 g/mol.